The van der Waals surface area contributed by atoms with Gasteiger partial charge >= 0.3 is 0 Å². The minimum absolute atomic E-state index is 0.0580. The van der Waals surface area contributed by atoms with Crippen molar-refractivity contribution in [1.29, 1.82) is 0 Å². The summed E-state index contributed by atoms with van der Waals surface area (Å²) in [4.78, 5) is 19.8. The molecular weight excluding hydrogens is 392 g/mol. The molecule has 3 heterocycles. The minimum Gasteiger partial charge on any atom is -0.493 e. The van der Waals surface area contributed by atoms with Crippen molar-refractivity contribution >= 4 is 16.7 Å². The van der Waals surface area contributed by atoms with Crippen LogP contribution in [0.3, 0.4) is 0 Å². The number of hydroxylamine groups is 2. The zero-order chi connectivity index (χ0) is 20.9. The Hall–Kier alpha value is -3.64. The van der Waals surface area contributed by atoms with Gasteiger partial charge in [-0.25, -0.2) is 5.06 Å². The summed E-state index contributed by atoms with van der Waals surface area (Å²) in [5.41, 5.74) is 2.78. The van der Waals surface area contributed by atoms with Crippen LogP contribution in [0.25, 0.3) is 22.0 Å². The number of aryl methyl sites for hydroxylation is 1. The van der Waals surface area contributed by atoms with Crippen LogP contribution < -0.4 is 4.74 Å². The Bertz CT molecular complexity index is 1300. The van der Waals surface area contributed by atoms with E-state index in [0.29, 0.717) is 30.2 Å². The van der Waals surface area contributed by atoms with Crippen LogP contribution in [0, 0.1) is 12.8 Å². The molecular formula is C25H20N2O4. The van der Waals surface area contributed by atoms with Gasteiger partial charge in [-0.05, 0) is 23.8 Å². The number of hydrogen-bond acceptors (Lipinski definition) is 5. The fraction of sp³-hybridized carbons (Fsp3) is 0.200. The number of ether oxygens (including phenoxy) is 1. The molecule has 2 aliphatic rings. The Balaban J connectivity index is 1.47. The lowest BCUT2D eigenvalue weighted by atomic mass is 9.88. The monoisotopic (exact) mass is 412 g/mol. The summed E-state index contributed by atoms with van der Waals surface area (Å²) in [7, 11) is 0. The van der Waals surface area contributed by atoms with Crippen LogP contribution in [0.15, 0.2) is 71.3 Å². The van der Waals surface area contributed by atoms with E-state index in [0.717, 1.165) is 27.6 Å². The van der Waals surface area contributed by atoms with Gasteiger partial charge in [0, 0.05) is 17.0 Å². The molecule has 1 fully saturated rings. The molecule has 6 heteroatoms. The van der Waals surface area contributed by atoms with E-state index in [1.807, 2.05) is 54.6 Å². The maximum atomic E-state index is 13.8. The summed E-state index contributed by atoms with van der Waals surface area (Å²) >= 11 is 0. The first-order valence-corrected chi connectivity index (χ1v) is 10.3. The standard InChI is InChI=1S/C25H20N2O4/c1-15-21(23(26-31-15)17-8-3-2-4-9-17)25(28)27-24-18(14-30-27)13-29-20-12-11-16-7-5-6-10-19(16)22(20)24/h2-12,18,24H,13-14H2,1H3/t18-,24+/m0/s1. The highest BCUT2D eigenvalue weighted by molar-refractivity contribution is 6.01. The number of amides is 1. The van der Waals surface area contributed by atoms with E-state index in [4.69, 9.17) is 14.1 Å². The quantitative estimate of drug-likeness (QED) is 0.467. The Morgan fingerprint density at radius 2 is 1.81 bits per heavy atom. The van der Waals surface area contributed by atoms with Crippen molar-refractivity contribution in [3.63, 3.8) is 0 Å². The molecule has 31 heavy (non-hydrogen) atoms. The highest BCUT2D eigenvalue weighted by atomic mass is 16.7. The summed E-state index contributed by atoms with van der Waals surface area (Å²) in [6.45, 7) is 2.69. The summed E-state index contributed by atoms with van der Waals surface area (Å²) in [6.07, 6.45) is 0. The average Bonchev–Trinajstić information content (AvgIpc) is 3.42. The van der Waals surface area contributed by atoms with E-state index in [-0.39, 0.29) is 17.9 Å². The van der Waals surface area contributed by atoms with Gasteiger partial charge in [-0.2, -0.15) is 0 Å². The van der Waals surface area contributed by atoms with Crippen molar-refractivity contribution in [2.45, 2.75) is 13.0 Å². The molecule has 6 rings (SSSR count). The molecule has 3 aromatic carbocycles. The highest BCUT2D eigenvalue weighted by Crippen LogP contribution is 2.47. The number of aromatic nitrogens is 1. The van der Waals surface area contributed by atoms with Gasteiger partial charge in [-0.3, -0.25) is 9.63 Å². The second kappa shape index (κ2) is 6.96. The molecule has 0 saturated carbocycles. The van der Waals surface area contributed by atoms with Crippen molar-refractivity contribution in [2.75, 3.05) is 13.2 Å². The fourth-order valence-electron chi connectivity index (χ4n) is 4.65. The fourth-order valence-corrected chi connectivity index (χ4v) is 4.65. The van der Waals surface area contributed by atoms with Crippen molar-refractivity contribution < 1.29 is 18.9 Å². The largest absolute Gasteiger partial charge is 0.493 e. The molecule has 1 amide bonds. The first-order valence-electron chi connectivity index (χ1n) is 10.3. The van der Waals surface area contributed by atoms with Gasteiger partial charge in [0.05, 0.1) is 19.3 Å². The van der Waals surface area contributed by atoms with E-state index in [9.17, 15) is 4.79 Å². The molecule has 1 aromatic heterocycles. The van der Waals surface area contributed by atoms with Crippen molar-refractivity contribution in [3.8, 4) is 17.0 Å². The third-order valence-corrected chi connectivity index (χ3v) is 6.13. The predicted molar refractivity (Wildman–Crippen MR) is 114 cm³/mol. The van der Waals surface area contributed by atoms with E-state index < -0.39 is 0 Å². The number of hydrogen-bond donors (Lipinski definition) is 0. The maximum absolute atomic E-state index is 13.8. The van der Waals surface area contributed by atoms with Crippen LogP contribution in [0.4, 0.5) is 0 Å². The summed E-state index contributed by atoms with van der Waals surface area (Å²) < 4.78 is 11.5. The molecule has 1 saturated heterocycles. The second-order valence-electron chi connectivity index (χ2n) is 7.97. The molecule has 0 N–H and O–H groups in total. The van der Waals surface area contributed by atoms with Crippen LogP contribution >= 0.6 is 0 Å². The second-order valence-corrected chi connectivity index (χ2v) is 7.97. The van der Waals surface area contributed by atoms with Gasteiger partial charge < -0.3 is 9.26 Å². The van der Waals surface area contributed by atoms with Gasteiger partial charge in [0.25, 0.3) is 5.91 Å². The third-order valence-electron chi connectivity index (χ3n) is 6.13. The summed E-state index contributed by atoms with van der Waals surface area (Å²) in [5, 5.41) is 7.86. The normalized spacial score (nSPS) is 19.7. The Labute approximate surface area is 178 Å². The smallest absolute Gasteiger partial charge is 0.283 e. The van der Waals surface area contributed by atoms with Crippen molar-refractivity contribution in [2.24, 2.45) is 5.92 Å². The SMILES string of the molecule is Cc1onc(-c2ccccc2)c1C(=O)N1OC[C@@H]2COc3ccc4ccccc4c3[C@@H]21. The molecule has 2 atom stereocenters. The Morgan fingerprint density at radius 3 is 2.68 bits per heavy atom. The average molecular weight is 412 g/mol. The van der Waals surface area contributed by atoms with E-state index >= 15 is 0 Å². The van der Waals surface area contributed by atoms with E-state index in [1.54, 1.807) is 6.92 Å². The van der Waals surface area contributed by atoms with E-state index in [2.05, 4.69) is 17.3 Å². The number of fused-ring (bicyclic) bond motifs is 5. The Kier molecular flexibility index (Phi) is 4.07. The number of nitrogens with zero attached hydrogens (tertiary/aromatic N) is 2. The summed E-state index contributed by atoms with van der Waals surface area (Å²) in [5.74, 6) is 1.09. The lowest BCUT2D eigenvalue weighted by Gasteiger charge is -2.32. The van der Waals surface area contributed by atoms with Gasteiger partial charge in [0.15, 0.2) is 0 Å². The highest BCUT2D eigenvalue weighted by Gasteiger charge is 2.46. The van der Waals surface area contributed by atoms with Crippen LogP contribution in [-0.2, 0) is 4.84 Å². The molecule has 0 aliphatic carbocycles. The molecule has 2 aliphatic heterocycles. The van der Waals surface area contributed by atoms with Crippen LogP contribution in [0.5, 0.6) is 5.75 Å². The number of carbonyl (C=O) groups excluding carboxylic acids is 1. The summed E-state index contributed by atoms with van der Waals surface area (Å²) in [6, 6.07) is 21.5. The maximum Gasteiger partial charge on any atom is 0.283 e. The number of carbonyl (C=O) groups is 1. The molecule has 0 radical (unpaired) electrons. The minimum atomic E-state index is -0.245. The predicted octanol–water partition coefficient (Wildman–Crippen LogP) is 4.94. The molecule has 0 unspecified atom stereocenters. The first kappa shape index (κ1) is 18.2. The first-order chi connectivity index (χ1) is 15.2. The van der Waals surface area contributed by atoms with Gasteiger partial charge in [-0.15, -0.1) is 0 Å². The van der Waals surface area contributed by atoms with Gasteiger partial charge in [0.2, 0.25) is 0 Å². The van der Waals surface area contributed by atoms with Crippen molar-refractivity contribution in [3.05, 3.63) is 83.6 Å². The molecule has 154 valence electrons. The Morgan fingerprint density at radius 1 is 1.00 bits per heavy atom. The van der Waals surface area contributed by atoms with Crippen LogP contribution in [-0.4, -0.2) is 29.3 Å². The number of benzene rings is 3. The van der Waals surface area contributed by atoms with Gasteiger partial charge in [0.1, 0.15) is 22.8 Å². The van der Waals surface area contributed by atoms with Crippen LogP contribution in [0.2, 0.25) is 0 Å². The van der Waals surface area contributed by atoms with Crippen LogP contribution in [0.1, 0.15) is 27.7 Å². The molecule has 6 nitrogen and oxygen atoms in total. The molecule has 0 bridgehead atoms. The lowest BCUT2D eigenvalue weighted by molar-refractivity contribution is -0.0966. The topological polar surface area (TPSA) is 64.8 Å². The van der Waals surface area contributed by atoms with Crippen molar-refractivity contribution in [1.82, 2.24) is 10.2 Å². The molecule has 0 spiro atoms. The van der Waals surface area contributed by atoms with Gasteiger partial charge in [-0.1, -0.05) is 65.8 Å². The lowest BCUT2D eigenvalue weighted by Crippen LogP contribution is -2.35. The molecule has 4 aromatic rings. The third kappa shape index (κ3) is 2.75. The number of rotatable bonds is 2. The van der Waals surface area contributed by atoms with E-state index in [1.165, 1.54) is 5.06 Å². The zero-order valence-corrected chi connectivity index (χ0v) is 16.9. The zero-order valence-electron chi connectivity index (χ0n) is 16.9.